The van der Waals surface area contributed by atoms with Crippen LogP contribution in [0, 0.1) is 6.92 Å². The van der Waals surface area contributed by atoms with Crippen molar-refractivity contribution in [1.29, 1.82) is 0 Å². The third kappa shape index (κ3) is 6.79. The lowest BCUT2D eigenvalue weighted by molar-refractivity contribution is -0.142. The standard InChI is InChI=1S/C23H29ClN2O3/c1-5-17(3)25-23(28)18(4)26(14-19-10-8-9-16(2)13-19)22(27)15-29-21-12-7-6-11-20(21)24/h6-13,17-18H,5,14-15H2,1-4H3,(H,25,28)/t17-,18-/m0/s1. The van der Waals surface area contributed by atoms with Gasteiger partial charge in [-0.05, 0) is 44.9 Å². The summed E-state index contributed by atoms with van der Waals surface area (Å²) in [5.74, 6) is -0.0222. The van der Waals surface area contributed by atoms with Gasteiger partial charge in [0.25, 0.3) is 5.91 Å². The fourth-order valence-electron chi connectivity index (χ4n) is 2.84. The third-order valence-electron chi connectivity index (χ3n) is 4.79. The molecule has 29 heavy (non-hydrogen) atoms. The minimum atomic E-state index is -0.633. The number of benzene rings is 2. The zero-order chi connectivity index (χ0) is 21.4. The number of carbonyl (C=O) groups is 2. The highest BCUT2D eigenvalue weighted by molar-refractivity contribution is 6.32. The van der Waals surface area contributed by atoms with Crippen LogP contribution in [0.4, 0.5) is 0 Å². The van der Waals surface area contributed by atoms with Crippen LogP contribution in [0.5, 0.6) is 5.75 Å². The first-order valence-corrected chi connectivity index (χ1v) is 10.2. The molecule has 5 nitrogen and oxygen atoms in total. The van der Waals surface area contributed by atoms with Crippen LogP contribution >= 0.6 is 11.6 Å². The van der Waals surface area contributed by atoms with Crippen molar-refractivity contribution in [3.05, 3.63) is 64.7 Å². The Bertz CT molecular complexity index is 840. The average molecular weight is 417 g/mol. The summed E-state index contributed by atoms with van der Waals surface area (Å²) in [5.41, 5.74) is 2.05. The predicted octanol–water partition coefficient (Wildman–Crippen LogP) is 4.36. The summed E-state index contributed by atoms with van der Waals surface area (Å²) >= 11 is 6.11. The van der Waals surface area contributed by atoms with E-state index < -0.39 is 6.04 Å². The van der Waals surface area contributed by atoms with E-state index in [1.807, 2.05) is 45.0 Å². The summed E-state index contributed by atoms with van der Waals surface area (Å²) < 4.78 is 5.62. The second kappa shape index (κ2) is 10.9. The van der Waals surface area contributed by atoms with Gasteiger partial charge in [-0.15, -0.1) is 0 Å². The highest BCUT2D eigenvalue weighted by atomic mass is 35.5. The first-order valence-electron chi connectivity index (χ1n) is 9.84. The van der Waals surface area contributed by atoms with Gasteiger partial charge < -0.3 is 15.0 Å². The Morgan fingerprint density at radius 2 is 1.86 bits per heavy atom. The fraction of sp³-hybridized carbons (Fsp3) is 0.391. The number of para-hydroxylation sites is 1. The molecule has 2 atom stereocenters. The largest absolute Gasteiger partial charge is 0.482 e. The zero-order valence-electron chi connectivity index (χ0n) is 17.4. The maximum Gasteiger partial charge on any atom is 0.261 e. The lowest BCUT2D eigenvalue weighted by Crippen LogP contribution is -2.50. The Kier molecular flexibility index (Phi) is 8.52. The summed E-state index contributed by atoms with van der Waals surface area (Å²) in [5, 5.41) is 3.39. The van der Waals surface area contributed by atoms with Gasteiger partial charge in [0.05, 0.1) is 5.02 Å². The molecule has 1 N–H and O–H groups in total. The topological polar surface area (TPSA) is 58.6 Å². The van der Waals surface area contributed by atoms with Gasteiger partial charge in [-0.25, -0.2) is 0 Å². The molecule has 0 spiro atoms. The zero-order valence-corrected chi connectivity index (χ0v) is 18.2. The van der Waals surface area contributed by atoms with Crippen molar-refractivity contribution in [3.63, 3.8) is 0 Å². The molecule has 0 aliphatic heterocycles. The van der Waals surface area contributed by atoms with E-state index in [9.17, 15) is 9.59 Å². The maximum atomic E-state index is 13.0. The fourth-order valence-corrected chi connectivity index (χ4v) is 3.03. The molecule has 0 saturated heterocycles. The maximum absolute atomic E-state index is 13.0. The molecule has 0 unspecified atom stereocenters. The number of carbonyl (C=O) groups excluding carboxylic acids is 2. The van der Waals surface area contributed by atoms with E-state index in [1.165, 1.54) is 0 Å². The second-order valence-electron chi connectivity index (χ2n) is 7.22. The summed E-state index contributed by atoms with van der Waals surface area (Å²) in [4.78, 5) is 27.2. The van der Waals surface area contributed by atoms with E-state index in [-0.39, 0.29) is 24.5 Å². The molecular formula is C23H29ClN2O3. The van der Waals surface area contributed by atoms with E-state index >= 15 is 0 Å². The summed E-state index contributed by atoms with van der Waals surface area (Å²) in [6, 6.07) is 14.3. The summed E-state index contributed by atoms with van der Waals surface area (Å²) in [6.07, 6.45) is 0.819. The van der Waals surface area contributed by atoms with E-state index in [0.717, 1.165) is 17.5 Å². The molecular weight excluding hydrogens is 388 g/mol. The predicted molar refractivity (Wildman–Crippen MR) is 116 cm³/mol. The van der Waals surface area contributed by atoms with Crippen molar-refractivity contribution in [3.8, 4) is 5.75 Å². The molecule has 0 fully saturated rings. The molecule has 2 rings (SSSR count). The van der Waals surface area contributed by atoms with Gasteiger partial charge in [0.1, 0.15) is 11.8 Å². The van der Waals surface area contributed by atoms with Crippen LogP contribution in [0.1, 0.15) is 38.3 Å². The Morgan fingerprint density at radius 1 is 1.14 bits per heavy atom. The van der Waals surface area contributed by atoms with E-state index in [4.69, 9.17) is 16.3 Å². The SMILES string of the molecule is CC[C@H](C)NC(=O)[C@H](C)N(Cc1cccc(C)c1)C(=O)COc1ccccc1Cl. The quantitative estimate of drug-likeness (QED) is 0.660. The summed E-state index contributed by atoms with van der Waals surface area (Å²) in [7, 11) is 0. The Balaban J connectivity index is 2.17. The molecule has 0 radical (unpaired) electrons. The molecule has 0 aliphatic carbocycles. The monoisotopic (exact) mass is 416 g/mol. The molecule has 6 heteroatoms. The molecule has 0 aliphatic rings. The van der Waals surface area contributed by atoms with Crippen LogP contribution in [-0.2, 0) is 16.1 Å². The number of ether oxygens (including phenoxy) is 1. The van der Waals surface area contributed by atoms with Crippen LogP contribution < -0.4 is 10.1 Å². The van der Waals surface area contributed by atoms with Crippen molar-refractivity contribution in [2.24, 2.45) is 0 Å². The Hall–Kier alpha value is -2.53. The Labute approximate surface area is 178 Å². The van der Waals surface area contributed by atoms with Gasteiger partial charge >= 0.3 is 0 Å². The molecule has 0 saturated carbocycles. The van der Waals surface area contributed by atoms with Crippen LogP contribution in [0.15, 0.2) is 48.5 Å². The first-order chi connectivity index (χ1) is 13.8. The van der Waals surface area contributed by atoms with Crippen LogP contribution in [0.2, 0.25) is 5.02 Å². The number of nitrogens with one attached hydrogen (secondary N) is 1. The van der Waals surface area contributed by atoms with E-state index in [1.54, 1.807) is 36.1 Å². The number of hydrogen-bond acceptors (Lipinski definition) is 3. The molecule has 2 amide bonds. The molecule has 0 aromatic heterocycles. The third-order valence-corrected chi connectivity index (χ3v) is 5.10. The van der Waals surface area contributed by atoms with Gasteiger partial charge in [0, 0.05) is 12.6 Å². The number of rotatable bonds is 9. The van der Waals surface area contributed by atoms with Gasteiger partial charge in [-0.2, -0.15) is 0 Å². The highest BCUT2D eigenvalue weighted by Gasteiger charge is 2.27. The van der Waals surface area contributed by atoms with Crippen molar-refractivity contribution >= 4 is 23.4 Å². The number of amides is 2. The molecule has 0 bridgehead atoms. The average Bonchev–Trinajstić information content (AvgIpc) is 2.70. The van der Waals surface area contributed by atoms with Crippen molar-refractivity contribution in [2.45, 2.75) is 52.7 Å². The van der Waals surface area contributed by atoms with E-state index in [2.05, 4.69) is 5.32 Å². The molecule has 0 heterocycles. The minimum Gasteiger partial charge on any atom is -0.482 e. The number of nitrogens with zero attached hydrogens (tertiary/aromatic N) is 1. The smallest absolute Gasteiger partial charge is 0.261 e. The van der Waals surface area contributed by atoms with Gasteiger partial charge in [-0.1, -0.05) is 60.5 Å². The number of aryl methyl sites for hydroxylation is 1. The van der Waals surface area contributed by atoms with Crippen molar-refractivity contribution < 1.29 is 14.3 Å². The second-order valence-corrected chi connectivity index (χ2v) is 7.63. The normalized spacial score (nSPS) is 12.7. The van der Waals surface area contributed by atoms with Crippen LogP contribution in [0.25, 0.3) is 0 Å². The number of halogens is 1. The molecule has 156 valence electrons. The van der Waals surface area contributed by atoms with Crippen molar-refractivity contribution in [2.75, 3.05) is 6.61 Å². The van der Waals surface area contributed by atoms with Crippen molar-refractivity contribution in [1.82, 2.24) is 10.2 Å². The summed E-state index contributed by atoms with van der Waals surface area (Å²) in [6.45, 7) is 7.80. The van der Waals surface area contributed by atoms with Crippen LogP contribution in [-0.4, -0.2) is 35.4 Å². The lowest BCUT2D eigenvalue weighted by Gasteiger charge is -2.29. The molecule has 2 aromatic rings. The highest BCUT2D eigenvalue weighted by Crippen LogP contribution is 2.23. The number of hydrogen-bond donors (Lipinski definition) is 1. The Morgan fingerprint density at radius 3 is 2.52 bits per heavy atom. The van der Waals surface area contributed by atoms with E-state index in [0.29, 0.717) is 17.3 Å². The minimum absolute atomic E-state index is 0.0419. The lowest BCUT2D eigenvalue weighted by atomic mass is 10.1. The van der Waals surface area contributed by atoms with Gasteiger partial charge in [-0.3, -0.25) is 9.59 Å². The van der Waals surface area contributed by atoms with Gasteiger partial charge in [0.2, 0.25) is 5.91 Å². The van der Waals surface area contributed by atoms with Crippen LogP contribution in [0.3, 0.4) is 0 Å². The first kappa shape index (κ1) is 22.8. The molecule has 2 aromatic carbocycles. The van der Waals surface area contributed by atoms with Gasteiger partial charge in [0.15, 0.2) is 6.61 Å².